The molecule has 2 aliphatic rings. The van der Waals surface area contributed by atoms with Gasteiger partial charge in [-0.25, -0.2) is 4.98 Å². The summed E-state index contributed by atoms with van der Waals surface area (Å²) in [5.41, 5.74) is 2.95. The van der Waals surface area contributed by atoms with E-state index in [1.165, 1.54) is 0 Å². The summed E-state index contributed by atoms with van der Waals surface area (Å²) in [5.74, 6) is 0.878. The monoisotopic (exact) mass is 382 g/mol. The molecule has 1 amide bonds. The molecule has 9 heteroatoms. The zero-order valence-corrected chi connectivity index (χ0v) is 15.4. The highest BCUT2D eigenvalue weighted by molar-refractivity contribution is 5.99. The smallest absolute Gasteiger partial charge is 0.422 e. The van der Waals surface area contributed by atoms with Crippen LogP contribution in [0.2, 0.25) is 0 Å². The highest BCUT2D eigenvalue weighted by Crippen LogP contribution is 2.30. The minimum atomic E-state index is -4.37. The quantitative estimate of drug-likeness (QED) is 0.849. The minimum absolute atomic E-state index is 0.0843. The van der Waals surface area contributed by atoms with Crippen molar-refractivity contribution in [2.75, 3.05) is 39.1 Å². The Balaban J connectivity index is 1.75. The number of fused-ring (bicyclic) bond motifs is 1. The van der Waals surface area contributed by atoms with Gasteiger partial charge in [0.05, 0.1) is 19.6 Å². The second kappa shape index (κ2) is 7.13. The normalized spacial score (nSPS) is 17.3. The molecule has 0 aliphatic carbocycles. The number of alkyl halides is 3. The van der Waals surface area contributed by atoms with Crippen LogP contribution >= 0.6 is 0 Å². The zero-order valence-electron chi connectivity index (χ0n) is 15.4. The van der Waals surface area contributed by atoms with Crippen molar-refractivity contribution in [3.05, 3.63) is 46.5 Å². The van der Waals surface area contributed by atoms with Crippen molar-refractivity contribution in [2.24, 2.45) is 0 Å². The number of aromatic nitrogens is 1. The van der Waals surface area contributed by atoms with Crippen LogP contribution in [0.5, 0.6) is 0 Å². The summed E-state index contributed by atoms with van der Waals surface area (Å²) in [7, 11) is 3.52. The maximum absolute atomic E-state index is 12.7. The summed E-state index contributed by atoms with van der Waals surface area (Å²) >= 11 is 0. The fraction of sp³-hybridized carbons (Fsp3) is 0.444. The first-order valence-corrected chi connectivity index (χ1v) is 8.45. The van der Waals surface area contributed by atoms with Crippen LogP contribution in [-0.4, -0.2) is 60.7 Å². The van der Waals surface area contributed by atoms with Crippen molar-refractivity contribution in [1.82, 2.24) is 14.8 Å². The van der Waals surface area contributed by atoms with Crippen LogP contribution in [-0.2, 0) is 11.3 Å². The molecule has 0 unspecified atom stereocenters. The Hall–Kier alpha value is -2.71. The molecule has 2 aliphatic heterocycles. The first-order chi connectivity index (χ1) is 12.7. The summed E-state index contributed by atoms with van der Waals surface area (Å²) in [5, 5.41) is 2.99. The Labute approximate surface area is 155 Å². The van der Waals surface area contributed by atoms with Gasteiger partial charge < -0.3 is 19.9 Å². The molecular formula is C18H21F3N4O2. The van der Waals surface area contributed by atoms with Gasteiger partial charge in [-0.15, -0.1) is 0 Å². The lowest BCUT2D eigenvalue weighted by atomic mass is 10.1. The SMILES string of the molecule is CNc1nccc2c1CN(CC1=CC(C)=C(OCC(F)(F)F)CN1C)C2=O. The standard InChI is InChI=1S/C18H21F3N4O2/c1-11-6-12(24(3)9-15(11)27-10-18(19,20)21)7-25-8-14-13(17(25)26)4-5-23-16(14)22-2/h4-6H,7-10H2,1-3H3,(H,22,23). The van der Waals surface area contributed by atoms with E-state index in [-0.39, 0.29) is 18.2 Å². The number of ether oxygens (including phenoxy) is 1. The molecule has 0 spiro atoms. The van der Waals surface area contributed by atoms with Crippen LogP contribution in [0.4, 0.5) is 19.0 Å². The highest BCUT2D eigenvalue weighted by Gasteiger charge is 2.32. The van der Waals surface area contributed by atoms with Crippen molar-refractivity contribution in [1.29, 1.82) is 0 Å². The van der Waals surface area contributed by atoms with Crippen LogP contribution in [0.15, 0.2) is 35.4 Å². The van der Waals surface area contributed by atoms with Crippen molar-refractivity contribution >= 4 is 11.7 Å². The number of rotatable bonds is 5. The summed E-state index contributed by atoms with van der Waals surface area (Å²) in [6, 6.07) is 1.70. The van der Waals surface area contributed by atoms with Crippen molar-refractivity contribution < 1.29 is 22.7 Å². The molecule has 0 radical (unpaired) electrons. The van der Waals surface area contributed by atoms with Crippen LogP contribution < -0.4 is 5.32 Å². The number of nitrogens with zero attached hydrogens (tertiary/aromatic N) is 3. The van der Waals surface area contributed by atoms with E-state index < -0.39 is 12.8 Å². The molecule has 0 bridgehead atoms. The maximum atomic E-state index is 12.7. The average molecular weight is 382 g/mol. The van der Waals surface area contributed by atoms with Gasteiger partial charge in [0, 0.05) is 37.1 Å². The Bertz CT molecular complexity index is 817. The summed E-state index contributed by atoms with van der Waals surface area (Å²) < 4.78 is 42.1. The molecule has 1 aromatic rings. The maximum Gasteiger partial charge on any atom is 0.422 e. The lowest BCUT2D eigenvalue weighted by Crippen LogP contribution is -2.35. The van der Waals surface area contributed by atoms with E-state index in [2.05, 4.69) is 10.3 Å². The van der Waals surface area contributed by atoms with Gasteiger partial charge in [-0.3, -0.25) is 4.79 Å². The molecule has 3 heterocycles. The number of anilines is 1. The number of pyridine rings is 1. The average Bonchev–Trinajstić information content (AvgIpc) is 2.92. The number of allylic oxidation sites excluding steroid dienone is 2. The van der Waals surface area contributed by atoms with Crippen LogP contribution in [0, 0.1) is 0 Å². The Morgan fingerprint density at radius 1 is 1.33 bits per heavy atom. The number of hydrogen-bond acceptors (Lipinski definition) is 5. The molecule has 0 atom stereocenters. The number of likely N-dealkylation sites (N-methyl/N-ethyl adjacent to an activating group) is 1. The molecule has 146 valence electrons. The molecule has 0 fully saturated rings. The fourth-order valence-electron chi connectivity index (χ4n) is 3.20. The van der Waals surface area contributed by atoms with E-state index in [1.807, 2.05) is 0 Å². The summed E-state index contributed by atoms with van der Waals surface area (Å²) in [6.45, 7) is 1.42. The van der Waals surface area contributed by atoms with Crippen LogP contribution in [0.1, 0.15) is 22.8 Å². The van der Waals surface area contributed by atoms with Gasteiger partial charge in [0.15, 0.2) is 6.61 Å². The molecular weight excluding hydrogens is 361 g/mol. The Morgan fingerprint density at radius 2 is 2.07 bits per heavy atom. The molecule has 0 saturated carbocycles. The van der Waals surface area contributed by atoms with Gasteiger partial charge in [-0.2, -0.15) is 13.2 Å². The van der Waals surface area contributed by atoms with Gasteiger partial charge in [-0.05, 0) is 24.6 Å². The minimum Gasteiger partial charge on any atom is -0.486 e. The Morgan fingerprint density at radius 3 is 2.74 bits per heavy atom. The van der Waals surface area contributed by atoms with Crippen LogP contribution in [0.25, 0.3) is 0 Å². The number of nitrogens with one attached hydrogen (secondary N) is 1. The van der Waals surface area contributed by atoms with E-state index >= 15 is 0 Å². The number of carbonyl (C=O) groups excluding carboxylic acids is 1. The topological polar surface area (TPSA) is 57.7 Å². The van der Waals surface area contributed by atoms with E-state index in [9.17, 15) is 18.0 Å². The molecule has 27 heavy (non-hydrogen) atoms. The molecule has 1 N–H and O–H groups in total. The molecule has 0 saturated heterocycles. The second-order valence-corrected chi connectivity index (χ2v) is 6.60. The van der Waals surface area contributed by atoms with E-state index in [1.54, 1.807) is 49.2 Å². The third kappa shape index (κ3) is 4.01. The highest BCUT2D eigenvalue weighted by atomic mass is 19.4. The largest absolute Gasteiger partial charge is 0.486 e. The number of carbonyl (C=O) groups is 1. The number of amides is 1. The second-order valence-electron chi connectivity index (χ2n) is 6.60. The fourth-order valence-corrected chi connectivity index (χ4v) is 3.20. The number of hydrogen-bond donors (Lipinski definition) is 1. The van der Waals surface area contributed by atoms with Gasteiger partial charge in [0.1, 0.15) is 11.6 Å². The summed E-state index contributed by atoms with van der Waals surface area (Å²) in [4.78, 5) is 20.4. The lowest BCUT2D eigenvalue weighted by Gasteiger charge is -2.31. The predicted octanol–water partition coefficient (Wildman–Crippen LogP) is 2.76. The van der Waals surface area contributed by atoms with Crippen molar-refractivity contribution in [3.8, 4) is 0 Å². The molecule has 1 aromatic heterocycles. The number of halogens is 3. The van der Waals surface area contributed by atoms with Gasteiger partial charge in [0.2, 0.25) is 0 Å². The first-order valence-electron chi connectivity index (χ1n) is 8.45. The summed E-state index contributed by atoms with van der Waals surface area (Å²) in [6.07, 6.45) is -1.01. The van der Waals surface area contributed by atoms with Crippen LogP contribution in [0.3, 0.4) is 0 Å². The Kier molecular flexibility index (Phi) is 5.03. The molecule has 0 aromatic carbocycles. The lowest BCUT2D eigenvalue weighted by molar-refractivity contribution is -0.165. The van der Waals surface area contributed by atoms with E-state index in [4.69, 9.17) is 4.74 Å². The van der Waals surface area contributed by atoms with E-state index in [0.29, 0.717) is 30.0 Å². The molecule has 6 nitrogen and oxygen atoms in total. The van der Waals surface area contributed by atoms with Gasteiger partial charge in [0.25, 0.3) is 5.91 Å². The third-order valence-corrected chi connectivity index (χ3v) is 4.62. The first kappa shape index (κ1) is 19.1. The third-order valence-electron chi connectivity index (χ3n) is 4.62. The van der Waals surface area contributed by atoms with E-state index in [0.717, 1.165) is 11.3 Å². The van der Waals surface area contributed by atoms with Crippen molar-refractivity contribution in [2.45, 2.75) is 19.6 Å². The van der Waals surface area contributed by atoms with Gasteiger partial charge in [-0.1, -0.05) is 0 Å². The predicted molar refractivity (Wildman–Crippen MR) is 93.9 cm³/mol. The molecule has 3 rings (SSSR count). The van der Waals surface area contributed by atoms with Crippen molar-refractivity contribution in [3.63, 3.8) is 0 Å². The zero-order chi connectivity index (χ0) is 19.8. The van der Waals surface area contributed by atoms with Gasteiger partial charge >= 0.3 is 6.18 Å².